The van der Waals surface area contributed by atoms with Crippen molar-refractivity contribution in [3.63, 3.8) is 0 Å². The third-order valence-electron chi connectivity index (χ3n) is 12.9. The minimum atomic E-state index is -2.14. The van der Waals surface area contributed by atoms with Crippen molar-refractivity contribution in [3.8, 4) is 68.8 Å². The van der Waals surface area contributed by atoms with E-state index >= 15 is 0 Å². The summed E-state index contributed by atoms with van der Waals surface area (Å²) in [6.07, 6.45) is -21.7. The molecule has 14 atom stereocenters. The molecule has 13 N–H and O–H groups in total. The van der Waals surface area contributed by atoms with Crippen LogP contribution >= 0.6 is 0 Å². The van der Waals surface area contributed by atoms with Crippen molar-refractivity contribution in [2.24, 2.45) is 0 Å². The second-order valence-electron chi connectivity index (χ2n) is 18.2. The number of carbonyl (C=O) groups is 2. The predicted molar refractivity (Wildman–Crippen MR) is 268 cm³/mol. The molecule has 0 spiro atoms. The fourth-order valence-corrected chi connectivity index (χ4v) is 8.61. The Kier molecular flexibility index (Phi) is 18.3. The van der Waals surface area contributed by atoms with Gasteiger partial charge in [0, 0.05) is 30.4 Å². The predicted octanol–water partition coefficient (Wildman–Crippen LogP) is 0.284. The Morgan fingerprint density at radius 1 is 0.600 bits per heavy atom. The van der Waals surface area contributed by atoms with E-state index in [1.165, 1.54) is 75.9 Å². The second kappa shape index (κ2) is 25.1. The van der Waals surface area contributed by atoms with Gasteiger partial charge in [-0.3, -0.25) is 0 Å². The first kappa shape index (κ1) is 58.4. The molecule has 80 heavy (non-hydrogen) atoms. The summed E-state index contributed by atoms with van der Waals surface area (Å²) in [5.74, 6) is -5.34. The van der Waals surface area contributed by atoms with E-state index in [1.54, 1.807) is 0 Å². The molecule has 1 aromatic heterocycles. The van der Waals surface area contributed by atoms with Crippen molar-refractivity contribution in [1.29, 1.82) is 0 Å². The van der Waals surface area contributed by atoms with Crippen LogP contribution in [0.5, 0.6) is 57.5 Å². The second-order valence-corrected chi connectivity index (χ2v) is 18.2. The van der Waals surface area contributed by atoms with Crippen molar-refractivity contribution >= 4 is 35.1 Å². The van der Waals surface area contributed by atoms with Gasteiger partial charge in [0.15, 0.2) is 53.0 Å². The quantitative estimate of drug-likeness (QED) is 0.0243. The third kappa shape index (κ3) is 12.8. The molecule has 0 bridgehead atoms. The molecule has 0 radical (unpaired) electrons. The van der Waals surface area contributed by atoms with E-state index < -0.39 is 141 Å². The van der Waals surface area contributed by atoms with Crippen molar-refractivity contribution in [2.45, 2.75) is 86.0 Å². The van der Waals surface area contributed by atoms with Gasteiger partial charge in [-0.2, -0.15) is 0 Å². The van der Waals surface area contributed by atoms with Crippen LogP contribution < -0.4 is 23.7 Å². The van der Waals surface area contributed by atoms with E-state index in [2.05, 4.69) is 0 Å². The van der Waals surface area contributed by atoms with Gasteiger partial charge in [0.1, 0.15) is 78.4 Å². The molecule has 430 valence electrons. The standard InChI is InChI=1S/C53H56O27/c1-69-33-12-22(4-8-28(33)57)5-10-39(60)72-21-38-44(65)46(67)50(80-52-49(41(62)30(59)20-73-52)79-40(61)11-6-23-13-34(70-2)42(63)35(14-23)71-3)53(78-38)76-36-18-26-31(74-48(36)24-7-9-27(56)29(58)15-24)16-25(55)17-32(26)75-51-47(68)45(66)43(64)37(19-54)77-51/h4-18,30,37-38,41,43-47,49-54,59,62,64-68H,19-21H2,1-3H3,(H4-,55,56,57,58,60,61,63)/p+1. The van der Waals surface area contributed by atoms with E-state index in [0.29, 0.717) is 5.56 Å². The lowest BCUT2D eigenvalue weighted by Gasteiger charge is -2.45. The number of ether oxygens (including phenoxy) is 11. The third-order valence-corrected chi connectivity index (χ3v) is 12.9. The van der Waals surface area contributed by atoms with Gasteiger partial charge in [0.25, 0.3) is 0 Å². The van der Waals surface area contributed by atoms with Gasteiger partial charge in [-0.25, -0.2) is 14.0 Å². The van der Waals surface area contributed by atoms with Gasteiger partial charge in [-0.1, -0.05) is 6.07 Å². The summed E-state index contributed by atoms with van der Waals surface area (Å²) >= 11 is 0. The number of fused-ring (bicyclic) bond motifs is 1. The Hall–Kier alpha value is -7.77. The zero-order valence-electron chi connectivity index (χ0n) is 42.4. The zero-order chi connectivity index (χ0) is 57.7. The minimum absolute atomic E-state index is 0.00616. The Bertz CT molecular complexity index is 3050. The van der Waals surface area contributed by atoms with Crippen LogP contribution in [0.4, 0.5) is 0 Å². The molecule has 3 fully saturated rings. The van der Waals surface area contributed by atoms with E-state index in [1.807, 2.05) is 0 Å². The molecular formula is C53H57O27+. The molecular weight excluding hydrogens is 1070 g/mol. The SMILES string of the molecule is COc1cc(C=CC(=O)OCC2OC(Oc3cc4c(OC5OC(CO)C(O)C(O)C5O)cc(O)cc4[o+]c3-c3ccc(O)c(O)c3)C(OC3OCC(O)C(O)C3OC(=O)C=Cc3cc(OC)c(O)c(OC)c3)C(O)C2O)ccc1O. The maximum Gasteiger partial charge on any atom is 0.402 e. The van der Waals surface area contributed by atoms with Gasteiger partial charge < -0.3 is 118 Å². The summed E-state index contributed by atoms with van der Waals surface area (Å²) in [4.78, 5) is 26.5. The molecule has 27 heteroatoms. The summed E-state index contributed by atoms with van der Waals surface area (Å²) in [6, 6.07) is 13.7. The van der Waals surface area contributed by atoms with Crippen LogP contribution in [0.3, 0.4) is 0 Å². The molecule has 0 aliphatic carbocycles. The molecule has 3 saturated heterocycles. The van der Waals surface area contributed by atoms with Crippen molar-refractivity contribution in [1.82, 2.24) is 0 Å². The maximum atomic E-state index is 13.4. The number of carbonyl (C=O) groups excluding carboxylic acids is 2. The fraction of sp³-hybridized carbons (Fsp3) is 0.377. The Morgan fingerprint density at radius 3 is 1.93 bits per heavy atom. The van der Waals surface area contributed by atoms with Crippen LogP contribution in [0.15, 0.2) is 83.3 Å². The first-order chi connectivity index (χ1) is 38.2. The maximum absolute atomic E-state index is 13.4. The number of hydrogen-bond donors (Lipinski definition) is 13. The number of benzene rings is 4. The van der Waals surface area contributed by atoms with E-state index in [4.69, 9.17) is 56.5 Å². The highest BCUT2D eigenvalue weighted by Crippen LogP contribution is 2.44. The Labute approximate surface area is 452 Å². The zero-order valence-corrected chi connectivity index (χ0v) is 42.4. The van der Waals surface area contributed by atoms with Gasteiger partial charge in [0.05, 0.1) is 46.2 Å². The van der Waals surface area contributed by atoms with Crippen LogP contribution in [0.1, 0.15) is 11.1 Å². The molecule has 14 unspecified atom stereocenters. The molecule has 0 amide bonds. The lowest BCUT2D eigenvalue weighted by atomic mass is 9.98. The van der Waals surface area contributed by atoms with E-state index in [-0.39, 0.29) is 62.4 Å². The lowest BCUT2D eigenvalue weighted by Crippen LogP contribution is -2.64. The number of aliphatic hydroxyl groups excluding tert-OH is 8. The Balaban J connectivity index is 1.16. The highest BCUT2D eigenvalue weighted by molar-refractivity contribution is 5.90. The van der Waals surface area contributed by atoms with Crippen LogP contribution in [0, 0.1) is 0 Å². The van der Waals surface area contributed by atoms with Crippen molar-refractivity contribution in [2.75, 3.05) is 41.2 Å². The monoisotopic (exact) mass is 1130 g/mol. The number of aromatic hydroxyl groups is 5. The van der Waals surface area contributed by atoms with Gasteiger partial charge in [-0.05, 0) is 59.7 Å². The molecule has 0 saturated carbocycles. The van der Waals surface area contributed by atoms with E-state index in [9.17, 15) is 76.0 Å². The highest BCUT2D eigenvalue weighted by Gasteiger charge is 2.52. The normalized spacial score (nSPS) is 27.9. The molecule has 8 rings (SSSR count). The molecule has 5 aromatic rings. The highest BCUT2D eigenvalue weighted by atomic mass is 16.8. The first-order valence-corrected chi connectivity index (χ1v) is 24.2. The van der Waals surface area contributed by atoms with Gasteiger partial charge in [0.2, 0.25) is 24.1 Å². The summed E-state index contributed by atoms with van der Waals surface area (Å²) in [5.41, 5.74) is 0.443. The lowest BCUT2D eigenvalue weighted by molar-refractivity contribution is -0.345. The average molecular weight is 1130 g/mol. The number of hydrogen-bond acceptors (Lipinski definition) is 26. The van der Waals surface area contributed by atoms with Gasteiger partial charge >= 0.3 is 23.3 Å². The van der Waals surface area contributed by atoms with Crippen LogP contribution in [0.25, 0.3) is 34.4 Å². The van der Waals surface area contributed by atoms with Crippen molar-refractivity contribution < 1.29 is 132 Å². The summed E-state index contributed by atoms with van der Waals surface area (Å²) in [5, 5.41) is 139. The largest absolute Gasteiger partial charge is 0.507 e. The molecule has 4 heterocycles. The number of phenols is 5. The summed E-state index contributed by atoms with van der Waals surface area (Å²) in [6.45, 7) is -2.26. The number of phenolic OH excluding ortho intramolecular Hbond substituents is 5. The fourth-order valence-electron chi connectivity index (χ4n) is 8.61. The molecule has 3 aliphatic heterocycles. The van der Waals surface area contributed by atoms with Crippen LogP contribution in [0.2, 0.25) is 0 Å². The summed E-state index contributed by atoms with van der Waals surface area (Å²) in [7, 11) is 3.90. The average Bonchev–Trinajstić information content (AvgIpc) is 3.47. The smallest absolute Gasteiger partial charge is 0.402 e. The van der Waals surface area contributed by atoms with Crippen molar-refractivity contribution in [3.05, 3.63) is 90.0 Å². The van der Waals surface area contributed by atoms with Crippen LogP contribution in [-0.4, -0.2) is 205 Å². The number of methoxy groups -OCH3 is 3. The van der Waals surface area contributed by atoms with Gasteiger partial charge in [-0.15, -0.1) is 0 Å². The molecule has 3 aliphatic rings. The number of aliphatic hydroxyl groups is 8. The number of esters is 2. The van der Waals surface area contributed by atoms with Crippen LogP contribution in [-0.2, 0) is 38.0 Å². The first-order valence-electron chi connectivity index (χ1n) is 24.2. The molecule has 27 nitrogen and oxygen atoms in total. The minimum Gasteiger partial charge on any atom is -0.507 e. The Morgan fingerprint density at radius 2 is 1.24 bits per heavy atom. The topological polar surface area (TPSA) is 410 Å². The summed E-state index contributed by atoms with van der Waals surface area (Å²) < 4.78 is 68.7. The van der Waals surface area contributed by atoms with E-state index in [0.717, 1.165) is 36.4 Å². The number of rotatable bonds is 18. The molecule has 4 aromatic carbocycles.